The van der Waals surface area contributed by atoms with Gasteiger partial charge in [0.1, 0.15) is 17.2 Å². The van der Waals surface area contributed by atoms with E-state index in [1.165, 1.54) is 7.11 Å². The van der Waals surface area contributed by atoms with Gasteiger partial charge in [-0.15, -0.1) is 0 Å². The lowest BCUT2D eigenvalue weighted by Gasteiger charge is -2.11. The molecule has 2 aromatic rings. The molecule has 0 radical (unpaired) electrons. The van der Waals surface area contributed by atoms with Crippen LogP contribution < -0.4 is 20.3 Å². The van der Waals surface area contributed by atoms with Gasteiger partial charge in [-0.25, -0.2) is 0 Å². The fourth-order valence-electron chi connectivity index (χ4n) is 2.18. The van der Waals surface area contributed by atoms with Crippen molar-refractivity contribution in [1.82, 2.24) is 15.4 Å². The first kappa shape index (κ1) is 17.9. The van der Waals surface area contributed by atoms with E-state index in [1.54, 1.807) is 49.2 Å². The number of nitrogens with zero attached hydrogens (tertiary/aromatic N) is 1. The number of benzene rings is 1. The van der Waals surface area contributed by atoms with E-state index in [0.717, 1.165) is 4.47 Å². The normalized spacial score (nSPS) is 10.2. The molecule has 24 heavy (non-hydrogen) atoms. The number of hydrazine groups is 1. The van der Waals surface area contributed by atoms with Crippen LogP contribution in [0.15, 0.2) is 34.9 Å². The number of methoxy groups -OCH3 is 2. The second-order valence-corrected chi connectivity index (χ2v) is 5.93. The predicted octanol–water partition coefficient (Wildman–Crippen LogP) is 1.81. The quantitative estimate of drug-likeness (QED) is 0.756. The van der Waals surface area contributed by atoms with Crippen molar-refractivity contribution in [2.45, 2.75) is 6.42 Å². The van der Waals surface area contributed by atoms with E-state index in [4.69, 9.17) is 9.47 Å². The summed E-state index contributed by atoms with van der Waals surface area (Å²) in [7, 11) is 4.81. The lowest BCUT2D eigenvalue weighted by molar-refractivity contribution is -0.121. The van der Waals surface area contributed by atoms with Crippen molar-refractivity contribution >= 4 is 27.7 Å². The minimum Gasteiger partial charge on any atom is -0.497 e. The first-order valence-electron chi connectivity index (χ1n) is 7.06. The highest BCUT2D eigenvalue weighted by atomic mass is 79.9. The molecule has 7 nitrogen and oxygen atoms in total. The molecule has 128 valence electrons. The maximum absolute atomic E-state index is 12.1. The van der Waals surface area contributed by atoms with E-state index < -0.39 is 5.91 Å². The van der Waals surface area contributed by atoms with Gasteiger partial charge in [0.2, 0.25) is 5.91 Å². The van der Waals surface area contributed by atoms with Gasteiger partial charge in [-0.05, 0) is 40.2 Å². The van der Waals surface area contributed by atoms with Gasteiger partial charge in [-0.3, -0.25) is 20.4 Å². The number of aromatic nitrogens is 1. The minimum absolute atomic E-state index is 0.0392. The molecule has 1 heterocycles. The molecule has 0 aliphatic rings. The van der Waals surface area contributed by atoms with Crippen LogP contribution in [0.4, 0.5) is 0 Å². The smallest absolute Gasteiger partial charge is 0.286 e. The third-order valence-corrected chi connectivity index (χ3v) is 3.79. The number of rotatable bonds is 5. The molecule has 0 aliphatic heterocycles. The van der Waals surface area contributed by atoms with Crippen LogP contribution in [0, 0.1) is 0 Å². The number of amides is 2. The van der Waals surface area contributed by atoms with Crippen molar-refractivity contribution in [1.29, 1.82) is 0 Å². The number of halogens is 1. The lowest BCUT2D eigenvalue weighted by atomic mass is 10.1. The van der Waals surface area contributed by atoms with Gasteiger partial charge in [0.15, 0.2) is 0 Å². The first-order valence-corrected chi connectivity index (χ1v) is 7.86. The summed E-state index contributed by atoms with van der Waals surface area (Å²) in [5, 5.41) is 0. The Kier molecular flexibility index (Phi) is 5.86. The zero-order chi connectivity index (χ0) is 17.7. The van der Waals surface area contributed by atoms with Crippen LogP contribution in [0.2, 0.25) is 0 Å². The van der Waals surface area contributed by atoms with Gasteiger partial charge in [-0.1, -0.05) is 0 Å². The molecule has 1 aromatic carbocycles. The third kappa shape index (κ3) is 4.29. The Hall–Kier alpha value is -2.48. The maximum atomic E-state index is 12.1. The summed E-state index contributed by atoms with van der Waals surface area (Å²) in [4.78, 5) is 24.1. The van der Waals surface area contributed by atoms with Crippen LogP contribution in [-0.4, -0.2) is 30.6 Å². The van der Waals surface area contributed by atoms with Crippen molar-refractivity contribution in [2.24, 2.45) is 7.05 Å². The number of aryl methyl sites for hydroxylation is 1. The Morgan fingerprint density at radius 2 is 1.92 bits per heavy atom. The van der Waals surface area contributed by atoms with Crippen LogP contribution in [0.3, 0.4) is 0 Å². The molecule has 0 saturated carbocycles. The Bertz CT molecular complexity index is 758. The number of ether oxygens (including phenoxy) is 2. The molecular formula is C16H18BrN3O4. The zero-order valence-corrected chi connectivity index (χ0v) is 15.1. The summed E-state index contributed by atoms with van der Waals surface area (Å²) in [5.41, 5.74) is 5.85. The van der Waals surface area contributed by atoms with Crippen molar-refractivity contribution in [3.05, 3.63) is 46.2 Å². The molecule has 0 spiro atoms. The van der Waals surface area contributed by atoms with Gasteiger partial charge >= 0.3 is 0 Å². The standard InChI is InChI=1S/C16H18BrN3O4/c1-20-9-11(17)8-13(20)16(22)19-18-15(21)7-10-6-12(23-2)4-5-14(10)24-3/h4-6,8-9H,7H2,1-3H3,(H,18,21)(H,19,22). The molecule has 8 heteroatoms. The highest BCUT2D eigenvalue weighted by Crippen LogP contribution is 2.24. The van der Waals surface area contributed by atoms with E-state index in [0.29, 0.717) is 22.8 Å². The van der Waals surface area contributed by atoms with Crippen molar-refractivity contribution in [3.63, 3.8) is 0 Å². The topological polar surface area (TPSA) is 81.6 Å². The van der Waals surface area contributed by atoms with Crippen molar-refractivity contribution in [3.8, 4) is 11.5 Å². The molecule has 0 unspecified atom stereocenters. The van der Waals surface area contributed by atoms with Crippen molar-refractivity contribution in [2.75, 3.05) is 14.2 Å². The van der Waals surface area contributed by atoms with Gasteiger partial charge in [0.25, 0.3) is 5.91 Å². The molecular weight excluding hydrogens is 378 g/mol. The molecule has 0 fully saturated rings. The number of carbonyl (C=O) groups excluding carboxylic acids is 2. The number of nitrogens with one attached hydrogen (secondary N) is 2. The van der Waals surface area contributed by atoms with Gasteiger partial charge in [0.05, 0.1) is 20.6 Å². The number of carbonyl (C=O) groups is 2. The number of hydrogen-bond acceptors (Lipinski definition) is 4. The molecule has 0 bridgehead atoms. The molecule has 2 N–H and O–H groups in total. The van der Waals surface area contributed by atoms with E-state index in [9.17, 15) is 9.59 Å². The SMILES string of the molecule is COc1ccc(OC)c(CC(=O)NNC(=O)c2cc(Br)cn2C)c1. The fourth-order valence-corrected chi connectivity index (χ4v) is 2.70. The van der Waals surface area contributed by atoms with Crippen molar-refractivity contribution < 1.29 is 19.1 Å². The third-order valence-electron chi connectivity index (χ3n) is 3.36. The zero-order valence-electron chi connectivity index (χ0n) is 13.6. The highest BCUT2D eigenvalue weighted by molar-refractivity contribution is 9.10. The molecule has 2 amide bonds. The first-order chi connectivity index (χ1) is 11.4. The maximum Gasteiger partial charge on any atom is 0.286 e. The fraction of sp³-hybridized carbons (Fsp3) is 0.250. The summed E-state index contributed by atoms with van der Waals surface area (Å²) in [5.74, 6) is 0.414. The highest BCUT2D eigenvalue weighted by Gasteiger charge is 2.14. The van der Waals surface area contributed by atoms with E-state index in [2.05, 4.69) is 26.8 Å². The Morgan fingerprint density at radius 3 is 2.50 bits per heavy atom. The average molecular weight is 396 g/mol. The van der Waals surface area contributed by atoms with E-state index in [-0.39, 0.29) is 12.3 Å². The number of hydrogen-bond donors (Lipinski definition) is 2. The van der Waals surface area contributed by atoms with E-state index >= 15 is 0 Å². The second-order valence-electron chi connectivity index (χ2n) is 5.01. The van der Waals surface area contributed by atoms with Crippen LogP contribution >= 0.6 is 15.9 Å². The Balaban J connectivity index is 1.98. The van der Waals surface area contributed by atoms with Gasteiger partial charge < -0.3 is 14.0 Å². The van der Waals surface area contributed by atoms with Gasteiger partial charge in [0, 0.05) is 23.3 Å². The minimum atomic E-state index is -0.408. The summed E-state index contributed by atoms with van der Waals surface area (Å²) in [6.07, 6.45) is 1.79. The average Bonchev–Trinajstić information content (AvgIpc) is 2.91. The molecule has 0 saturated heterocycles. The summed E-state index contributed by atoms with van der Waals surface area (Å²) in [6, 6.07) is 6.85. The summed E-state index contributed by atoms with van der Waals surface area (Å²) in [6.45, 7) is 0. The van der Waals surface area contributed by atoms with Gasteiger partial charge in [-0.2, -0.15) is 0 Å². The molecule has 1 aromatic heterocycles. The van der Waals surface area contributed by atoms with Crippen LogP contribution in [0.1, 0.15) is 16.1 Å². The van der Waals surface area contributed by atoms with Crippen LogP contribution in [0.25, 0.3) is 0 Å². The monoisotopic (exact) mass is 395 g/mol. The second kappa shape index (κ2) is 7.87. The molecule has 0 aliphatic carbocycles. The largest absolute Gasteiger partial charge is 0.497 e. The summed E-state index contributed by atoms with van der Waals surface area (Å²) >= 11 is 3.29. The van der Waals surface area contributed by atoms with Crippen LogP contribution in [0.5, 0.6) is 11.5 Å². The van der Waals surface area contributed by atoms with Crippen LogP contribution in [-0.2, 0) is 18.3 Å². The summed E-state index contributed by atoms with van der Waals surface area (Å²) < 4.78 is 12.8. The Morgan fingerprint density at radius 1 is 1.17 bits per heavy atom. The Labute approximate surface area is 148 Å². The molecule has 0 atom stereocenters. The van der Waals surface area contributed by atoms with E-state index in [1.807, 2.05) is 0 Å². The lowest BCUT2D eigenvalue weighted by Crippen LogP contribution is -2.43. The predicted molar refractivity (Wildman–Crippen MR) is 92.0 cm³/mol. The molecule has 2 rings (SSSR count).